The zero-order chi connectivity index (χ0) is 21.5. The highest BCUT2D eigenvalue weighted by molar-refractivity contribution is 5.90. The maximum atomic E-state index is 13.2. The Balaban J connectivity index is 1.87. The van der Waals surface area contributed by atoms with Crippen molar-refractivity contribution in [1.29, 1.82) is 0 Å². The van der Waals surface area contributed by atoms with Gasteiger partial charge in [0.2, 0.25) is 5.95 Å². The molecule has 8 heteroatoms. The van der Waals surface area contributed by atoms with E-state index in [0.29, 0.717) is 42.4 Å². The molecule has 0 atom stereocenters. The van der Waals surface area contributed by atoms with Gasteiger partial charge in [-0.3, -0.25) is 0 Å². The largest absolute Gasteiger partial charge is 0.497 e. The fraction of sp³-hybridized carbons (Fsp3) is 0.318. The first-order valence-corrected chi connectivity index (χ1v) is 9.79. The fourth-order valence-corrected chi connectivity index (χ4v) is 3.16. The van der Waals surface area contributed by atoms with Crippen LogP contribution in [0.25, 0.3) is 11.4 Å². The van der Waals surface area contributed by atoms with Crippen LogP contribution in [-0.2, 0) is 24.4 Å². The van der Waals surface area contributed by atoms with Crippen LogP contribution in [0, 0.1) is 5.95 Å². The first-order valence-electron chi connectivity index (χ1n) is 9.79. The monoisotopic (exact) mass is 412 g/mol. The lowest BCUT2D eigenvalue weighted by molar-refractivity contribution is 0.0512. The molecule has 0 fully saturated rings. The minimum atomic E-state index is -0.569. The number of nitrogens with one attached hydrogen (secondary N) is 1. The van der Waals surface area contributed by atoms with E-state index in [4.69, 9.17) is 9.47 Å². The van der Waals surface area contributed by atoms with Crippen molar-refractivity contribution in [3.05, 3.63) is 65.5 Å². The number of hydrogen-bond donors (Lipinski definition) is 1. The molecule has 1 aromatic carbocycles. The number of aromatic nitrogens is 3. The summed E-state index contributed by atoms with van der Waals surface area (Å²) in [6, 6.07) is 10.6. The van der Waals surface area contributed by atoms with Gasteiger partial charge in [0, 0.05) is 31.4 Å². The summed E-state index contributed by atoms with van der Waals surface area (Å²) in [7, 11) is 1.63. The van der Waals surface area contributed by atoms with Crippen LogP contribution in [0.4, 0.5) is 4.39 Å². The summed E-state index contributed by atoms with van der Waals surface area (Å²) in [5.74, 6) is 0.339. The number of halogens is 1. The maximum Gasteiger partial charge on any atom is 0.356 e. The van der Waals surface area contributed by atoms with Crippen molar-refractivity contribution in [2.24, 2.45) is 0 Å². The molecule has 0 aliphatic carbocycles. The summed E-state index contributed by atoms with van der Waals surface area (Å²) >= 11 is 0. The number of pyridine rings is 1. The number of rotatable bonds is 9. The van der Waals surface area contributed by atoms with Crippen molar-refractivity contribution in [3.8, 4) is 17.1 Å². The van der Waals surface area contributed by atoms with Crippen molar-refractivity contribution in [3.63, 3.8) is 0 Å². The number of hydrogen-bond acceptors (Lipinski definition) is 6. The molecule has 0 bridgehead atoms. The van der Waals surface area contributed by atoms with E-state index in [0.717, 1.165) is 11.3 Å². The number of benzene rings is 1. The first kappa shape index (κ1) is 21.4. The topological polar surface area (TPSA) is 78.3 Å². The lowest BCUT2D eigenvalue weighted by atomic mass is 10.2. The van der Waals surface area contributed by atoms with Crippen LogP contribution in [0.15, 0.2) is 42.6 Å². The molecule has 2 aromatic heterocycles. The number of carbonyl (C=O) groups excluding carboxylic acids is 1. The maximum absolute atomic E-state index is 13.2. The fourth-order valence-electron chi connectivity index (χ4n) is 3.16. The van der Waals surface area contributed by atoms with Crippen LogP contribution in [0.2, 0.25) is 0 Å². The van der Waals surface area contributed by atoms with Crippen LogP contribution >= 0.6 is 0 Å². The third-order valence-corrected chi connectivity index (χ3v) is 4.59. The Bertz CT molecular complexity index is 985. The summed E-state index contributed by atoms with van der Waals surface area (Å²) in [6.07, 6.45) is 1.41. The van der Waals surface area contributed by atoms with Crippen LogP contribution < -0.4 is 10.1 Å². The Kier molecular flexibility index (Phi) is 7.13. The predicted molar refractivity (Wildman–Crippen MR) is 111 cm³/mol. The summed E-state index contributed by atoms with van der Waals surface area (Å²) in [4.78, 5) is 21.0. The summed E-state index contributed by atoms with van der Waals surface area (Å²) < 4.78 is 25.4. The van der Waals surface area contributed by atoms with E-state index in [1.54, 1.807) is 24.7 Å². The minimum Gasteiger partial charge on any atom is -0.497 e. The SMILES string of the molecule is CCOC(=O)c1c(CNCc2ccc(OC)cc2)nc(-c2ccc(F)nc2)n1CC. The molecule has 0 amide bonds. The second-order valence-electron chi connectivity index (χ2n) is 6.52. The molecule has 1 N–H and O–H groups in total. The third-order valence-electron chi connectivity index (χ3n) is 4.59. The average molecular weight is 412 g/mol. The van der Waals surface area contributed by atoms with E-state index in [1.807, 2.05) is 31.2 Å². The molecule has 0 aliphatic rings. The standard InChI is InChI=1S/C22H25FN4O3/c1-4-27-20(22(28)30-5-2)18(26-21(27)16-8-11-19(23)25-13-16)14-24-12-15-6-9-17(29-3)10-7-15/h6-11,13,24H,4-5,12,14H2,1-3H3. The second kappa shape index (κ2) is 9.98. The Hall–Kier alpha value is -3.26. The normalized spacial score (nSPS) is 10.8. The number of ether oxygens (including phenoxy) is 2. The first-order chi connectivity index (χ1) is 14.6. The van der Waals surface area contributed by atoms with E-state index in [1.165, 1.54) is 12.3 Å². The molecule has 0 unspecified atom stereocenters. The second-order valence-corrected chi connectivity index (χ2v) is 6.52. The summed E-state index contributed by atoms with van der Waals surface area (Å²) in [6.45, 7) is 5.41. The molecule has 2 heterocycles. The number of carbonyl (C=O) groups is 1. The van der Waals surface area contributed by atoms with Gasteiger partial charge in [-0.25, -0.2) is 14.8 Å². The molecule has 0 saturated heterocycles. The van der Waals surface area contributed by atoms with E-state index < -0.39 is 11.9 Å². The Labute approximate surface area is 174 Å². The molecule has 0 radical (unpaired) electrons. The van der Waals surface area contributed by atoms with Gasteiger partial charge in [-0.05, 0) is 43.7 Å². The molecule has 30 heavy (non-hydrogen) atoms. The number of imidazole rings is 1. The Morgan fingerprint density at radius 3 is 2.50 bits per heavy atom. The van der Waals surface area contributed by atoms with Gasteiger partial charge in [-0.1, -0.05) is 12.1 Å². The van der Waals surface area contributed by atoms with E-state index in [-0.39, 0.29) is 6.61 Å². The zero-order valence-corrected chi connectivity index (χ0v) is 17.3. The summed E-state index contributed by atoms with van der Waals surface area (Å²) in [5.41, 5.74) is 2.67. The minimum absolute atomic E-state index is 0.264. The number of esters is 1. The van der Waals surface area contributed by atoms with E-state index in [9.17, 15) is 9.18 Å². The van der Waals surface area contributed by atoms with E-state index >= 15 is 0 Å². The van der Waals surface area contributed by atoms with Crippen molar-refractivity contribution >= 4 is 5.97 Å². The van der Waals surface area contributed by atoms with Gasteiger partial charge in [0.15, 0.2) is 5.69 Å². The molecule has 0 spiro atoms. The quantitative estimate of drug-likeness (QED) is 0.428. The molecule has 3 aromatic rings. The predicted octanol–water partition coefficient (Wildman–Crippen LogP) is 3.58. The van der Waals surface area contributed by atoms with Crippen molar-refractivity contribution in [1.82, 2.24) is 19.9 Å². The van der Waals surface area contributed by atoms with Gasteiger partial charge in [0.25, 0.3) is 0 Å². The van der Waals surface area contributed by atoms with Crippen LogP contribution in [0.3, 0.4) is 0 Å². The van der Waals surface area contributed by atoms with Crippen molar-refractivity contribution in [2.75, 3.05) is 13.7 Å². The van der Waals surface area contributed by atoms with Gasteiger partial charge >= 0.3 is 5.97 Å². The zero-order valence-electron chi connectivity index (χ0n) is 17.3. The molecular formula is C22H25FN4O3. The highest BCUT2D eigenvalue weighted by atomic mass is 19.1. The van der Waals surface area contributed by atoms with Crippen LogP contribution in [0.5, 0.6) is 5.75 Å². The van der Waals surface area contributed by atoms with Gasteiger partial charge in [-0.15, -0.1) is 0 Å². The Morgan fingerprint density at radius 2 is 1.90 bits per heavy atom. The number of methoxy groups -OCH3 is 1. The lowest BCUT2D eigenvalue weighted by Crippen LogP contribution is -2.18. The highest BCUT2D eigenvalue weighted by Gasteiger charge is 2.24. The van der Waals surface area contributed by atoms with Gasteiger partial charge in [0.05, 0.1) is 19.4 Å². The molecule has 158 valence electrons. The van der Waals surface area contributed by atoms with Gasteiger partial charge < -0.3 is 19.4 Å². The molecule has 7 nitrogen and oxygen atoms in total. The van der Waals surface area contributed by atoms with Crippen LogP contribution in [0.1, 0.15) is 35.6 Å². The molecule has 3 rings (SSSR count). The van der Waals surface area contributed by atoms with Crippen molar-refractivity contribution < 1.29 is 18.7 Å². The highest BCUT2D eigenvalue weighted by Crippen LogP contribution is 2.23. The van der Waals surface area contributed by atoms with Crippen molar-refractivity contribution in [2.45, 2.75) is 33.5 Å². The Morgan fingerprint density at radius 1 is 1.13 bits per heavy atom. The molecular weight excluding hydrogens is 387 g/mol. The van der Waals surface area contributed by atoms with Crippen LogP contribution in [-0.4, -0.2) is 34.2 Å². The lowest BCUT2D eigenvalue weighted by Gasteiger charge is -2.10. The summed E-state index contributed by atoms with van der Waals surface area (Å²) in [5, 5.41) is 3.32. The molecule has 0 saturated carbocycles. The van der Waals surface area contributed by atoms with Gasteiger partial charge in [-0.2, -0.15) is 4.39 Å². The average Bonchev–Trinajstić information content (AvgIpc) is 3.13. The van der Waals surface area contributed by atoms with Gasteiger partial charge in [0.1, 0.15) is 11.6 Å². The smallest absolute Gasteiger partial charge is 0.356 e. The number of nitrogens with zero attached hydrogens (tertiary/aromatic N) is 3. The van der Waals surface area contributed by atoms with E-state index in [2.05, 4.69) is 15.3 Å². The molecule has 0 aliphatic heterocycles. The third kappa shape index (κ3) is 4.83.